The van der Waals surface area contributed by atoms with Crippen LogP contribution in [0.25, 0.3) is 0 Å². The van der Waals surface area contributed by atoms with Gasteiger partial charge in [0.05, 0.1) is 24.4 Å². The third kappa shape index (κ3) is 13.3. The third-order valence-corrected chi connectivity index (χ3v) is 9.93. The van der Waals surface area contributed by atoms with Crippen LogP contribution in [0.1, 0.15) is 136 Å². The third-order valence-electron chi connectivity index (χ3n) is 9.93. The normalized spacial score (nSPS) is 32.2. The SMILES string of the molecule is CCCCC[C@@](C)(/C=C/[C@@H]1[C@@H](C/C=C\CCCCOC(C)=O)[C@@H](OC2CCCCO2)C[C@H]1OC1CCCCO1)OC1CCCCO1. The van der Waals surface area contributed by atoms with Gasteiger partial charge in [-0.25, -0.2) is 0 Å². The molecule has 3 heterocycles. The van der Waals surface area contributed by atoms with Crippen LogP contribution in [0.5, 0.6) is 0 Å². The van der Waals surface area contributed by atoms with Crippen molar-refractivity contribution in [2.24, 2.45) is 11.8 Å². The Kier molecular flexibility index (Phi) is 17.1. The van der Waals surface area contributed by atoms with Crippen molar-refractivity contribution in [1.82, 2.24) is 0 Å². The van der Waals surface area contributed by atoms with Gasteiger partial charge in [0.25, 0.3) is 0 Å². The summed E-state index contributed by atoms with van der Waals surface area (Å²) in [6, 6.07) is 0. The van der Waals surface area contributed by atoms with E-state index in [0.29, 0.717) is 6.61 Å². The molecule has 0 aromatic rings. The number of unbranched alkanes of at least 4 members (excludes halogenated alkanes) is 4. The highest BCUT2D eigenvalue weighted by Gasteiger charge is 2.45. The van der Waals surface area contributed by atoms with Crippen molar-refractivity contribution in [1.29, 1.82) is 0 Å². The lowest BCUT2D eigenvalue weighted by Crippen LogP contribution is -2.36. The van der Waals surface area contributed by atoms with Gasteiger partial charge in [0.1, 0.15) is 0 Å². The fourth-order valence-corrected chi connectivity index (χ4v) is 7.27. The molecule has 0 spiro atoms. The van der Waals surface area contributed by atoms with E-state index in [2.05, 4.69) is 38.2 Å². The largest absolute Gasteiger partial charge is 0.466 e. The number of allylic oxidation sites excluding steroid dienone is 2. The Hall–Kier alpha value is -1.29. The van der Waals surface area contributed by atoms with E-state index in [4.69, 9.17) is 33.2 Å². The molecule has 4 aliphatic rings. The lowest BCUT2D eigenvalue weighted by Gasteiger charge is -2.35. The molecule has 8 atom stereocenters. The van der Waals surface area contributed by atoms with Crippen molar-refractivity contribution >= 4 is 5.97 Å². The van der Waals surface area contributed by atoms with Gasteiger partial charge in [-0.05, 0) is 103 Å². The molecule has 4 rings (SSSR count). The topological polar surface area (TPSA) is 81.7 Å². The zero-order valence-corrected chi connectivity index (χ0v) is 29.2. The molecule has 0 N–H and O–H groups in total. The first-order valence-electron chi connectivity index (χ1n) is 18.8. The molecule has 8 heteroatoms. The summed E-state index contributed by atoms with van der Waals surface area (Å²) >= 11 is 0. The van der Waals surface area contributed by atoms with Crippen molar-refractivity contribution in [2.75, 3.05) is 26.4 Å². The number of carbonyl (C=O) groups excluding carboxylic acids is 1. The molecule has 0 radical (unpaired) electrons. The van der Waals surface area contributed by atoms with Gasteiger partial charge in [0, 0.05) is 39.1 Å². The summed E-state index contributed by atoms with van der Waals surface area (Å²) in [5.74, 6) is 0.199. The summed E-state index contributed by atoms with van der Waals surface area (Å²) in [6.07, 6.45) is 27.5. The quantitative estimate of drug-likeness (QED) is 0.0783. The second-order valence-corrected chi connectivity index (χ2v) is 14.0. The van der Waals surface area contributed by atoms with Crippen molar-refractivity contribution in [3.8, 4) is 0 Å². The molecular formula is C38H64O8. The molecule has 8 nitrogen and oxygen atoms in total. The van der Waals surface area contributed by atoms with Crippen LogP contribution < -0.4 is 0 Å². The Morgan fingerprint density at radius 1 is 0.804 bits per heavy atom. The maximum absolute atomic E-state index is 11.1. The fraction of sp³-hybridized carbons (Fsp3) is 0.868. The number of ether oxygens (including phenoxy) is 7. The first kappa shape index (κ1) is 37.5. The molecule has 4 fully saturated rings. The van der Waals surface area contributed by atoms with Gasteiger partial charge < -0.3 is 33.2 Å². The van der Waals surface area contributed by atoms with Gasteiger partial charge in [-0.3, -0.25) is 4.79 Å². The van der Waals surface area contributed by atoms with Gasteiger partial charge in [-0.15, -0.1) is 0 Å². The molecule has 3 unspecified atom stereocenters. The van der Waals surface area contributed by atoms with E-state index in [1.165, 1.54) is 19.8 Å². The predicted octanol–water partition coefficient (Wildman–Crippen LogP) is 8.56. The maximum atomic E-state index is 11.1. The minimum atomic E-state index is -0.406. The fourth-order valence-electron chi connectivity index (χ4n) is 7.27. The minimum Gasteiger partial charge on any atom is -0.466 e. The Balaban J connectivity index is 1.51. The monoisotopic (exact) mass is 648 g/mol. The maximum Gasteiger partial charge on any atom is 0.302 e. The average Bonchev–Trinajstić information content (AvgIpc) is 3.37. The van der Waals surface area contributed by atoms with Crippen molar-refractivity contribution in [2.45, 2.75) is 173 Å². The summed E-state index contributed by atoms with van der Waals surface area (Å²) in [4.78, 5) is 11.1. The van der Waals surface area contributed by atoms with Crippen molar-refractivity contribution in [3.05, 3.63) is 24.3 Å². The Morgan fingerprint density at radius 2 is 1.46 bits per heavy atom. The van der Waals surface area contributed by atoms with Gasteiger partial charge in [0.15, 0.2) is 18.9 Å². The summed E-state index contributed by atoms with van der Waals surface area (Å²) in [5, 5.41) is 0. The van der Waals surface area contributed by atoms with E-state index in [9.17, 15) is 4.79 Å². The Bertz CT molecular complexity index is 889. The van der Waals surface area contributed by atoms with Crippen LogP contribution >= 0.6 is 0 Å². The van der Waals surface area contributed by atoms with E-state index in [1.807, 2.05) is 0 Å². The van der Waals surface area contributed by atoms with Crippen molar-refractivity contribution in [3.63, 3.8) is 0 Å². The average molecular weight is 649 g/mol. The standard InChI is InChI=1S/C38H64O8/c1-4-5-13-23-38(3,46-37-21-12-17-28-43-37)24-22-32-31(18-9-7-6-8-14-25-40-30(2)39)33(44-35-19-10-15-26-41-35)29-34(32)45-36-20-11-16-27-42-36/h7,9,22,24,31-37H,4-6,8,10-21,23,25-29H2,1-3H3/b9-7-,24-22+/t31-,32-,33+,34-,35?,36?,37?,38+/m1/s1. The van der Waals surface area contributed by atoms with E-state index in [0.717, 1.165) is 123 Å². The van der Waals surface area contributed by atoms with Crippen LogP contribution in [-0.4, -0.2) is 69.1 Å². The van der Waals surface area contributed by atoms with Gasteiger partial charge in [0.2, 0.25) is 0 Å². The number of rotatable bonds is 19. The van der Waals surface area contributed by atoms with Crippen LogP contribution in [-0.2, 0) is 38.0 Å². The number of esters is 1. The molecule has 1 aliphatic carbocycles. The summed E-state index contributed by atoms with van der Waals surface area (Å²) in [7, 11) is 0. The van der Waals surface area contributed by atoms with Gasteiger partial charge >= 0.3 is 5.97 Å². The van der Waals surface area contributed by atoms with E-state index < -0.39 is 5.60 Å². The molecule has 0 amide bonds. The number of hydrogen-bond acceptors (Lipinski definition) is 8. The van der Waals surface area contributed by atoms with Crippen LogP contribution in [0.15, 0.2) is 24.3 Å². The Labute approximate surface area is 279 Å². The first-order valence-corrected chi connectivity index (χ1v) is 18.8. The number of carbonyl (C=O) groups is 1. The Morgan fingerprint density at radius 3 is 2.07 bits per heavy atom. The zero-order chi connectivity index (χ0) is 32.5. The minimum absolute atomic E-state index is 0.000826. The molecule has 46 heavy (non-hydrogen) atoms. The summed E-state index contributed by atoms with van der Waals surface area (Å²) in [6.45, 7) is 8.75. The lowest BCUT2D eigenvalue weighted by atomic mass is 9.87. The van der Waals surface area contributed by atoms with Gasteiger partial charge in [-0.1, -0.05) is 50.5 Å². The molecule has 3 saturated heterocycles. The van der Waals surface area contributed by atoms with Crippen LogP contribution in [0.3, 0.4) is 0 Å². The van der Waals surface area contributed by atoms with E-state index in [1.54, 1.807) is 0 Å². The predicted molar refractivity (Wildman–Crippen MR) is 179 cm³/mol. The van der Waals surface area contributed by atoms with Crippen LogP contribution in [0.2, 0.25) is 0 Å². The molecular weight excluding hydrogens is 584 g/mol. The molecule has 0 aromatic carbocycles. The molecule has 264 valence electrons. The van der Waals surface area contributed by atoms with E-state index in [-0.39, 0.29) is 48.9 Å². The van der Waals surface area contributed by atoms with Crippen LogP contribution in [0.4, 0.5) is 0 Å². The first-order chi connectivity index (χ1) is 22.5. The molecule has 1 saturated carbocycles. The lowest BCUT2D eigenvalue weighted by molar-refractivity contribution is -0.208. The van der Waals surface area contributed by atoms with Gasteiger partial charge in [-0.2, -0.15) is 0 Å². The highest BCUT2D eigenvalue weighted by Crippen LogP contribution is 2.43. The molecule has 0 bridgehead atoms. The second-order valence-electron chi connectivity index (χ2n) is 14.0. The summed E-state index contributed by atoms with van der Waals surface area (Å²) < 4.78 is 43.6. The second kappa shape index (κ2) is 20.9. The highest BCUT2D eigenvalue weighted by atomic mass is 16.7. The number of hydrogen-bond donors (Lipinski definition) is 0. The van der Waals surface area contributed by atoms with Crippen LogP contribution in [0, 0.1) is 11.8 Å². The summed E-state index contributed by atoms with van der Waals surface area (Å²) in [5.41, 5.74) is -0.406. The zero-order valence-electron chi connectivity index (χ0n) is 29.2. The van der Waals surface area contributed by atoms with E-state index >= 15 is 0 Å². The molecule has 0 aromatic heterocycles. The van der Waals surface area contributed by atoms with Crippen molar-refractivity contribution < 1.29 is 38.0 Å². The molecule has 3 aliphatic heterocycles. The smallest absolute Gasteiger partial charge is 0.302 e. The highest BCUT2D eigenvalue weighted by molar-refractivity contribution is 5.65.